The van der Waals surface area contributed by atoms with Gasteiger partial charge in [-0.3, -0.25) is 4.90 Å². The van der Waals surface area contributed by atoms with Gasteiger partial charge in [0.05, 0.1) is 11.1 Å². The van der Waals surface area contributed by atoms with Crippen molar-refractivity contribution in [2.75, 3.05) is 19.7 Å². The number of rotatable bonds is 4. The number of fused-ring (bicyclic) bond motifs is 4. The summed E-state index contributed by atoms with van der Waals surface area (Å²) in [7, 11) is 2.16. The first kappa shape index (κ1) is 19.7. The van der Waals surface area contributed by atoms with Crippen LogP contribution >= 0.6 is 0 Å². The average Bonchev–Trinajstić information content (AvgIpc) is 3.30. The lowest BCUT2D eigenvalue weighted by Crippen LogP contribution is -2.75. The summed E-state index contributed by atoms with van der Waals surface area (Å²) in [6, 6.07) is 12.8. The Labute approximate surface area is 194 Å². The van der Waals surface area contributed by atoms with Crippen molar-refractivity contribution in [3.63, 3.8) is 0 Å². The van der Waals surface area contributed by atoms with Crippen LogP contribution in [0.4, 0.5) is 0 Å². The molecule has 0 saturated carbocycles. The molecule has 4 atom stereocenters. The Morgan fingerprint density at radius 1 is 1.27 bits per heavy atom. The number of hydrogen-bond acceptors (Lipinski definition) is 4. The van der Waals surface area contributed by atoms with E-state index in [-0.39, 0.29) is 23.3 Å². The Hall–Kier alpha value is -2.76. The minimum Gasteiger partial charge on any atom is -0.504 e. The molecular formula is C28H30N2O3. The van der Waals surface area contributed by atoms with Gasteiger partial charge >= 0.3 is 0 Å². The number of aryl methyl sites for hydroxylation is 1. The van der Waals surface area contributed by atoms with Gasteiger partial charge < -0.3 is 19.1 Å². The molecule has 7 rings (SSSR count). The molecule has 33 heavy (non-hydrogen) atoms. The first-order chi connectivity index (χ1) is 16.1. The van der Waals surface area contributed by atoms with E-state index in [0.29, 0.717) is 12.4 Å². The zero-order valence-electron chi connectivity index (χ0n) is 19.3. The maximum Gasteiger partial charge on any atom is 0.166 e. The van der Waals surface area contributed by atoms with Gasteiger partial charge in [0, 0.05) is 55.7 Å². The summed E-state index contributed by atoms with van der Waals surface area (Å²) in [5, 5.41) is 12.2. The Kier molecular flexibility index (Phi) is 3.83. The SMILES string of the molecule is C=CCN1CC[C@]23c4c5ccc(O)c4O[C@H]2c2c(c4ccccc4n2C)C[C@@]3(OCC)[C@H]1C5. The monoisotopic (exact) mass is 442 g/mol. The third-order valence-electron chi connectivity index (χ3n) is 9.01. The molecule has 170 valence electrons. The lowest BCUT2D eigenvalue weighted by molar-refractivity contribution is -0.200. The smallest absolute Gasteiger partial charge is 0.166 e. The maximum absolute atomic E-state index is 10.9. The number of aromatic nitrogens is 1. The van der Waals surface area contributed by atoms with Crippen LogP contribution in [0.3, 0.4) is 0 Å². The Morgan fingerprint density at radius 3 is 2.94 bits per heavy atom. The number of aromatic hydroxyl groups is 1. The second-order valence-electron chi connectivity index (χ2n) is 10.1. The van der Waals surface area contributed by atoms with E-state index in [9.17, 15) is 5.11 Å². The third-order valence-corrected chi connectivity index (χ3v) is 9.01. The van der Waals surface area contributed by atoms with E-state index in [1.54, 1.807) is 0 Å². The van der Waals surface area contributed by atoms with Crippen LogP contribution in [-0.4, -0.2) is 45.9 Å². The number of para-hydroxylation sites is 1. The van der Waals surface area contributed by atoms with E-state index in [1.165, 1.54) is 33.3 Å². The van der Waals surface area contributed by atoms with Gasteiger partial charge in [-0.15, -0.1) is 6.58 Å². The number of hydrogen-bond donors (Lipinski definition) is 1. The summed E-state index contributed by atoms with van der Waals surface area (Å²) >= 11 is 0. The third kappa shape index (κ3) is 2.08. The predicted molar refractivity (Wildman–Crippen MR) is 128 cm³/mol. The van der Waals surface area contributed by atoms with Crippen LogP contribution in [0.5, 0.6) is 11.5 Å². The second-order valence-corrected chi connectivity index (χ2v) is 10.1. The summed E-state index contributed by atoms with van der Waals surface area (Å²) in [6.45, 7) is 8.63. The van der Waals surface area contributed by atoms with Gasteiger partial charge in [-0.2, -0.15) is 0 Å². The number of likely N-dealkylation sites (tertiary alicyclic amines) is 1. The van der Waals surface area contributed by atoms with Crippen LogP contribution in [0.15, 0.2) is 49.1 Å². The molecule has 4 aliphatic rings. The molecule has 1 spiro atoms. The highest BCUT2D eigenvalue weighted by molar-refractivity contribution is 5.87. The summed E-state index contributed by atoms with van der Waals surface area (Å²) in [6.07, 6.45) is 4.52. The maximum atomic E-state index is 10.9. The first-order valence-corrected chi connectivity index (χ1v) is 12.1. The number of piperidine rings is 1. The van der Waals surface area contributed by atoms with E-state index >= 15 is 0 Å². The van der Waals surface area contributed by atoms with Gasteiger partial charge in [-0.1, -0.05) is 30.3 Å². The lowest BCUT2D eigenvalue weighted by Gasteiger charge is -2.64. The van der Waals surface area contributed by atoms with Gasteiger partial charge in [-0.25, -0.2) is 0 Å². The van der Waals surface area contributed by atoms with Crippen molar-refractivity contribution in [2.24, 2.45) is 7.05 Å². The normalized spacial score (nSPS) is 31.2. The van der Waals surface area contributed by atoms with E-state index in [1.807, 2.05) is 12.1 Å². The van der Waals surface area contributed by atoms with Crippen LogP contribution in [0.25, 0.3) is 10.9 Å². The van der Waals surface area contributed by atoms with Gasteiger partial charge in [0.1, 0.15) is 5.60 Å². The molecule has 3 heterocycles. The molecular weight excluding hydrogens is 412 g/mol. The molecule has 5 nitrogen and oxygen atoms in total. The highest BCUT2D eigenvalue weighted by Crippen LogP contribution is 2.70. The van der Waals surface area contributed by atoms with Crippen molar-refractivity contribution in [3.8, 4) is 11.5 Å². The van der Waals surface area contributed by atoms with Crippen molar-refractivity contribution >= 4 is 10.9 Å². The molecule has 2 bridgehead atoms. The first-order valence-electron chi connectivity index (χ1n) is 12.1. The predicted octanol–water partition coefficient (Wildman–Crippen LogP) is 4.40. The molecule has 1 saturated heterocycles. The number of benzene rings is 2. The molecule has 2 aliphatic heterocycles. The number of ether oxygens (including phenoxy) is 2. The average molecular weight is 443 g/mol. The number of phenols is 1. The zero-order chi connectivity index (χ0) is 22.5. The molecule has 2 aliphatic carbocycles. The quantitative estimate of drug-likeness (QED) is 0.609. The topological polar surface area (TPSA) is 46.9 Å². The van der Waals surface area contributed by atoms with Crippen molar-refractivity contribution in [1.29, 1.82) is 0 Å². The fraction of sp³-hybridized carbons (Fsp3) is 0.429. The minimum absolute atomic E-state index is 0.180. The molecule has 2 aromatic carbocycles. The summed E-state index contributed by atoms with van der Waals surface area (Å²) in [5.41, 5.74) is 5.56. The van der Waals surface area contributed by atoms with Gasteiger partial charge in [0.2, 0.25) is 0 Å². The Bertz CT molecular complexity index is 1330. The van der Waals surface area contributed by atoms with Crippen molar-refractivity contribution in [1.82, 2.24) is 9.47 Å². The number of phenolic OH excluding ortho intramolecular Hbond substituents is 1. The van der Waals surface area contributed by atoms with Gasteiger partial charge in [0.15, 0.2) is 17.6 Å². The molecule has 1 fully saturated rings. The summed E-state index contributed by atoms with van der Waals surface area (Å²) < 4.78 is 16.1. The number of nitrogens with zero attached hydrogens (tertiary/aromatic N) is 2. The molecule has 0 unspecified atom stereocenters. The largest absolute Gasteiger partial charge is 0.504 e. The van der Waals surface area contributed by atoms with Crippen LogP contribution in [-0.2, 0) is 30.0 Å². The van der Waals surface area contributed by atoms with Crippen LogP contribution in [0.1, 0.15) is 41.8 Å². The van der Waals surface area contributed by atoms with Crippen LogP contribution in [0.2, 0.25) is 0 Å². The fourth-order valence-corrected chi connectivity index (χ4v) is 7.97. The fourth-order valence-electron chi connectivity index (χ4n) is 7.97. The van der Waals surface area contributed by atoms with Gasteiger partial charge in [-0.05, 0) is 43.0 Å². The highest BCUT2D eigenvalue weighted by Gasteiger charge is 2.74. The molecule has 3 aromatic rings. The highest BCUT2D eigenvalue weighted by atomic mass is 16.5. The van der Waals surface area contributed by atoms with Crippen LogP contribution < -0.4 is 4.74 Å². The molecule has 1 N–H and O–H groups in total. The zero-order valence-corrected chi connectivity index (χ0v) is 19.3. The van der Waals surface area contributed by atoms with Crippen molar-refractivity contribution < 1.29 is 14.6 Å². The molecule has 0 radical (unpaired) electrons. The Balaban J connectivity index is 1.60. The molecule has 5 heteroatoms. The summed E-state index contributed by atoms with van der Waals surface area (Å²) in [4.78, 5) is 2.56. The van der Waals surface area contributed by atoms with E-state index in [2.05, 4.69) is 60.3 Å². The Morgan fingerprint density at radius 2 is 2.12 bits per heavy atom. The van der Waals surface area contributed by atoms with Crippen LogP contribution in [0, 0.1) is 0 Å². The standard InChI is InChI=1S/C28H30N2O3/c1-4-13-30-14-12-27-23-17-10-11-21(31)25(23)33-26(27)24-19(16-28(27,32-5-2)22(30)15-17)18-8-6-7-9-20(18)29(24)3/h4,6-11,22,26,31H,1,5,12-16H2,2-3H3/t22-,26+,27+,28-/m1/s1. The summed E-state index contributed by atoms with van der Waals surface area (Å²) in [5.74, 6) is 0.922. The van der Waals surface area contributed by atoms with Crippen molar-refractivity contribution in [2.45, 2.75) is 49.3 Å². The second kappa shape index (κ2) is 6.43. The van der Waals surface area contributed by atoms with Crippen molar-refractivity contribution in [3.05, 3.63) is 71.4 Å². The minimum atomic E-state index is -0.420. The lowest BCUT2D eigenvalue weighted by atomic mass is 9.48. The molecule has 0 amide bonds. The van der Waals surface area contributed by atoms with E-state index < -0.39 is 5.60 Å². The van der Waals surface area contributed by atoms with E-state index in [4.69, 9.17) is 9.47 Å². The van der Waals surface area contributed by atoms with E-state index in [0.717, 1.165) is 32.4 Å². The molecule has 1 aromatic heterocycles. The van der Waals surface area contributed by atoms with Gasteiger partial charge in [0.25, 0.3) is 0 Å².